The van der Waals surface area contributed by atoms with E-state index in [1.807, 2.05) is 18.2 Å². The van der Waals surface area contributed by atoms with Gasteiger partial charge in [0.1, 0.15) is 5.58 Å². The molecule has 0 bridgehead atoms. The third kappa shape index (κ3) is 10.3. The number of nitriles is 1. The number of benzene rings is 6. The molecule has 0 saturated carbocycles. The Morgan fingerprint density at radius 1 is 0.896 bits per heavy atom. The van der Waals surface area contributed by atoms with E-state index in [2.05, 4.69) is 90.9 Å². The molecule has 0 amide bonds. The van der Waals surface area contributed by atoms with Crippen molar-refractivity contribution in [3.63, 3.8) is 0 Å². The van der Waals surface area contributed by atoms with Gasteiger partial charge in [-0.25, -0.2) is 0 Å². The van der Waals surface area contributed by atoms with E-state index in [4.69, 9.17) is 23.1 Å². The molecule has 9 aromatic rings. The van der Waals surface area contributed by atoms with Gasteiger partial charge in [0, 0.05) is 42.7 Å². The summed E-state index contributed by atoms with van der Waals surface area (Å²) in [6.45, 7) is 8.52. The van der Waals surface area contributed by atoms with E-state index in [0.717, 1.165) is 28.6 Å². The number of fused-ring (bicyclic) bond motifs is 4. The van der Waals surface area contributed by atoms with Crippen molar-refractivity contribution >= 4 is 50.6 Å². The van der Waals surface area contributed by atoms with Crippen molar-refractivity contribution in [1.82, 2.24) is 14.5 Å². The van der Waals surface area contributed by atoms with Crippen LogP contribution >= 0.6 is 0 Å². The molecule has 0 spiro atoms. The molecule has 3 aromatic heterocycles. The number of aromatic nitrogens is 3. The molecule has 5 nitrogen and oxygen atoms in total. The Morgan fingerprint density at radius 2 is 1.63 bits per heavy atom. The van der Waals surface area contributed by atoms with Crippen LogP contribution < -0.4 is 4.40 Å². The second kappa shape index (κ2) is 19.5. The topological polar surface area (TPSA) is 67.6 Å². The number of hydrogen-bond acceptors (Lipinski definition) is 4. The fraction of sp³-hybridized carbons (Fsp3) is 0.271. The molecule has 343 valence electrons. The summed E-state index contributed by atoms with van der Waals surface area (Å²) in [5.41, 5.74) is 5.96. The third-order valence-corrected chi connectivity index (χ3v) is 15.7. The zero-order chi connectivity index (χ0) is 55.8. The van der Waals surface area contributed by atoms with Gasteiger partial charge in [0.25, 0.3) is 0 Å². The van der Waals surface area contributed by atoms with E-state index in [1.54, 1.807) is 45.0 Å². The molecule has 3 heterocycles. The number of halogens is 1. The van der Waals surface area contributed by atoms with Crippen LogP contribution in [0.1, 0.15) is 107 Å². The summed E-state index contributed by atoms with van der Waals surface area (Å²) in [6.07, 6.45) is -0.895. The van der Waals surface area contributed by atoms with Crippen LogP contribution in [0.15, 0.2) is 120 Å². The number of nitrogens with zero attached hydrogens (tertiary/aromatic N) is 4. The largest absolute Gasteiger partial charge is 0.501 e. The summed E-state index contributed by atoms with van der Waals surface area (Å²) in [6, 6.07) is 35.8. The van der Waals surface area contributed by atoms with Gasteiger partial charge in [-0.15, -0.1) is 18.2 Å². The van der Waals surface area contributed by atoms with Gasteiger partial charge < -0.3 is 9.40 Å². The number of pyridine rings is 1. The summed E-state index contributed by atoms with van der Waals surface area (Å²) in [4.78, 5) is 9.36. The zero-order valence-electron chi connectivity index (χ0n) is 49.4. The number of furan rings is 1. The molecule has 9 rings (SSSR count). The Kier molecular flexibility index (Phi) is 10.9. The van der Waals surface area contributed by atoms with Crippen LogP contribution in [0, 0.1) is 48.4 Å². The Bertz CT molecular complexity index is 3720. The van der Waals surface area contributed by atoms with Crippen LogP contribution in [0.2, 0.25) is 17.3 Å². The second-order valence-electron chi connectivity index (χ2n) is 19.3. The van der Waals surface area contributed by atoms with Gasteiger partial charge in [-0.2, -0.15) is 5.26 Å². The van der Waals surface area contributed by atoms with E-state index < -0.39 is 38.8 Å². The first kappa shape index (κ1) is 37.3. The minimum absolute atomic E-state index is 0. The fourth-order valence-electron chi connectivity index (χ4n) is 8.18. The molecule has 0 atom stereocenters. The summed E-state index contributed by atoms with van der Waals surface area (Å²) in [5.74, 6) is 8.60. The van der Waals surface area contributed by atoms with Crippen molar-refractivity contribution in [2.45, 2.75) is 97.6 Å². The van der Waals surface area contributed by atoms with Crippen LogP contribution in [0.3, 0.4) is 0 Å². The molecular weight excluding hydrogens is 1060 g/mol. The van der Waals surface area contributed by atoms with Gasteiger partial charge in [-0.3, -0.25) is 0 Å². The van der Waals surface area contributed by atoms with E-state index >= 15 is 0 Å². The van der Waals surface area contributed by atoms with Crippen LogP contribution in [-0.4, -0.2) is 27.8 Å². The molecule has 6 aromatic carbocycles. The SMILES string of the molecule is CC(C)c1c[c]([Ge]([CH3])([CH3])[CH3])cc(C(C)C)c1-n1c(-c2[c-]cc(F)cc2)nc2ccccc21.[2H]c1cc(C([2H])([2H])C(C)(C)C)cc(C([2H])([2H])[2H])c1-c1cc(-c2[c-]ccc3c2oc2c([2H])c(C#N)ccc23)ncc1C([2H])([2H])[2H].[Ir]. The zero-order valence-corrected chi connectivity index (χ0v) is 43.9. The van der Waals surface area contributed by atoms with Gasteiger partial charge in [0.05, 0.1) is 20.0 Å². The second-order valence-corrected chi connectivity index (χ2v) is 30.0. The Hall–Kier alpha value is -5.65. The van der Waals surface area contributed by atoms with Crippen molar-refractivity contribution in [2.24, 2.45) is 5.41 Å². The molecular formula is C59H59FGeIrN4O-2. The van der Waals surface area contributed by atoms with Gasteiger partial charge in [-0.1, -0.05) is 62.0 Å². The van der Waals surface area contributed by atoms with Crippen molar-refractivity contribution in [3.05, 3.63) is 167 Å². The van der Waals surface area contributed by atoms with E-state index in [1.165, 1.54) is 57.6 Å². The summed E-state index contributed by atoms with van der Waals surface area (Å²) in [7, 11) is 0. The standard InChI is InChI=1S/C31H27N2O.C28H32FGeN2.Ir/c1-19-13-21(16-31(3,4)5)9-11-23(19)27-15-28(33-18-20(27)2)26-8-6-7-25-24-12-10-22(17-32)14-29(24)34-30(25)26;1-18(2)23-16-22(30(5,6)7)17-24(19(3)4)27(23)32-26-11-9-8-10-25(26)31-28(32)20-12-14-21(29)15-13-20;/h6-7,9-15,18H,16H2,1-5H3;8-12,14-19H,1-7H3;/q2*-1;/i1D3,2D3,11D,14D,16D2;;. The number of aryl methyl sites for hydroxylation is 2. The monoisotopic (exact) mass is 1140 g/mol. The number of hydrogen-bond donors (Lipinski definition) is 0. The molecule has 67 heavy (non-hydrogen) atoms. The summed E-state index contributed by atoms with van der Waals surface area (Å²) in [5, 5.41) is 10.6. The van der Waals surface area contributed by atoms with Crippen molar-refractivity contribution in [1.29, 1.82) is 5.26 Å². The van der Waals surface area contributed by atoms with E-state index in [9.17, 15) is 9.65 Å². The average Bonchev–Trinajstić information content (AvgIpc) is 3.94. The maximum Gasteiger partial charge on any atom is 0.122 e. The van der Waals surface area contributed by atoms with Gasteiger partial charge in [0.15, 0.2) is 0 Å². The van der Waals surface area contributed by atoms with Crippen LogP contribution in [0.4, 0.5) is 4.39 Å². The maximum atomic E-state index is 13.7. The predicted molar refractivity (Wildman–Crippen MR) is 275 cm³/mol. The van der Waals surface area contributed by atoms with Crippen molar-refractivity contribution in [2.75, 3.05) is 0 Å². The van der Waals surface area contributed by atoms with Gasteiger partial charge in [0.2, 0.25) is 0 Å². The minimum atomic E-state index is -2.82. The average molecular weight is 1130 g/mol. The van der Waals surface area contributed by atoms with Crippen molar-refractivity contribution in [3.8, 4) is 45.5 Å². The number of imidazole rings is 1. The Balaban J connectivity index is 0.000000232. The predicted octanol–water partition coefficient (Wildman–Crippen LogP) is 15.6. The molecule has 0 aliphatic heterocycles. The van der Waals surface area contributed by atoms with Crippen LogP contribution in [-0.2, 0) is 26.5 Å². The molecule has 1 radical (unpaired) electrons. The van der Waals surface area contributed by atoms with Crippen LogP contribution in [0.5, 0.6) is 0 Å². The summed E-state index contributed by atoms with van der Waals surface area (Å²) >= 11 is -2.05. The minimum Gasteiger partial charge on any atom is -0.501 e. The molecule has 0 aliphatic rings. The summed E-state index contributed by atoms with van der Waals surface area (Å²) < 4.78 is 108. The van der Waals surface area contributed by atoms with Gasteiger partial charge in [-0.05, 0) is 71.1 Å². The quantitative estimate of drug-likeness (QED) is 0.112. The number of para-hydroxylation sites is 2. The molecule has 0 N–H and O–H groups in total. The van der Waals surface area contributed by atoms with Gasteiger partial charge >= 0.3 is 194 Å². The van der Waals surface area contributed by atoms with Crippen molar-refractivity contribution < 1.29 is 42.6 Å². The van der Waals surface area contributed by atoms with E-state index in [0.29, 0.717) is 28.2 Å². The maximum absolute atomic E-state index is 13.7. The number of rotatable bonds is 8. The smallest absolute Gasteiger partial charge is 0.122 e. The molecule has 8 heteroatoms. The first-order chi connectivity index (χ1) is 35.3. The Morgan fingerprint density at radius 3 is 2.27 bits per heavy atom. The molecule has 0 saturated heterocycles. The molecule has 0 unspecified atom stereocenters. The third-order valence-electron chi connectivity index (χ3n) is 11.4. The Labute approximate surface area is 426 Å². The van der Waals surface area contributed by atoms with Crippen LogP contribution in [0.25, 0.3) is 72.4 Å². The van der Waals surface area contributed by atoms with E-state index in [-0.39, 0.29) is 88.2 Å². The first-order valence-corrected chi connectivity index (χ1v) is 29.5. The molecule has 0 fully saturated rings. The fourth-order valence-corrected chi connectivity index (χ4v) is 10.6. The molecule has 0 aliphatic carbocycles. The first-order valence-electron chi connectivity index (χ1n) is 27.1. The normalized spacial score (nSPS) is 14.6.